The first-order chi connectivity index (χ1) is 11.6. The van der Waals surface area contributed by atoms with Crippen molar-refractivity contribution in [3.8, 4) is 5.75 Å². The highest BCUT2D eigenvalue weighted by Gasteiger charge is 2.09. The Balaban J connectivity index is 1.91. The first-order valence-corrected chi connectivity index (χ1v) is 8.76. The van der Waals surface area contributed by atoms with Gasteiger partial charge in [0.15, 0.2) is 11.4 Å². The van der Waals surface area contributed by atoms with Crippen molar-refractivity contribution >= 4 is 27.5 Å². The topological polar surface area (TPSA) is 43.6 Å². The zero-order valence-corrected chi connectivity index (χ0v) is 14.9. The van der Waals surface area contributed by atoms with Crippen LogP contribution in [-0.4, -0.2) is 17.1 Å². The number of amides is 1. The molecular formula is C19H20N2O2S. The quantitative estimate of drug-likeness (QED) is 0.724. The molecule has 0 atom stereocenters. The zero-order chi connectivity index (χ0) is 17.1. The van der Waals surface area contributed by atoms with Gasteiger partial charge in [-0.3, -0.25) is 4.79 Å². The molecule has 0 fully saturated rings. The Morgan fingerprint density at radius 3 is 2.67 bits per heavy atom. The standard InChI is InChI=1S/C19H20N2O2S/c1-4-21-16-11-13(2)10-14(3)18(16)24-19(21)20-17(22)12-23-15-8-6-5-7-9-15/h5-11H,4,12H2,1-3H3. The molecule has 0 saturated heterocycles. The maximum absolute atomic E-state index is 12.2. The van der Waals surface area contributed by atoms with Crippen LogP contribution in [0.3, 0.4) is 0 Å². The van der Waals surface area contributed by atoms with E-state index in [-0.39, 0.29) is 12.5 Å². The lowest BCUT2D eigenvalue weighted by Gasteiger charge is -2.03. The molecule has 0 spiro atoms. The lowest BCUT2D eigenvalue weighted by atomic mass is 10.1. The molecule has 4 nitrogen and oxygen atoms in total. The van der Waals surface area contributed by atoms with Crippen LogP contribution in [0.15, 0.2) is 47.5 Å². The zero-order valence-electron chi connectivity index (χ0n) is 14.1. The van der Waals surface area contributed by atoms with Crippen LogP contribution in [0.5, 0.6) is 5.75 Å². The largest absolute Gasteiger partial charge is 0.484 e. The molecular weight excluding hydrogens is 320 g/mol. The second-order valence-electron chi connectivity index (χ2n) is 5.67. The Bertz CT molecular complexity index is 939. The maximum Gasteiger partial charge on any atom is 0.286 e. The van der Waals surface area contributed by atoms with Gasteiger partial charge in [0.1, 0.15) is 5.75 Å². The molecule has 0 radical (unpaired) electrons. The predicted molar refractivity (Wildman–Crippen MR) is 97.5 cm³/mol. The Kier molecular flexibility index (Phi) is 4.81. The van der Waals surface area contributed by atoms with Crippen molar-refractivity contribution in [2.45, 2.75) is 27.3 Å². The van der Waals surface area contributed by atoms with Gasteiger partial charge in [0, 0.05) is 6.54 Å². The average Bonchev–Trinajstić information content (AvgIpc) is 2.91. The van der Waals surface area contributed by atoms with Crippen molar-refractivity contribution in [3.05, 3.63) is 58.4 Å². The number of benzene rings is 2. The van der Waals surface area contributed by atoms with Crippen LogP contribution in [0.1, 0.15) is 18.1 Å². The number of aryl methyl sites for hydroxylation is 3. The number of para-hydroxylation sites is 1. The van der Waals surface area contributed by atoms with E-state index in [1.807, 2.05) is 30.3 Å². The van der Waals surface area contributed by atoms with Gasteiger partial charge < -0.3 is 9.30 Å². The van der Waals surface area contributed by atoms with Gasteiger partial charge in [0.25, 0.3) is 5.91 Å². The minimum absolute atomic E-state index is 0.0556. The molecule has 124 valence electrons. The van der Waals surface area contributed by atoms with Crippen molar-refractivity contribution in [1.29, 1.82) is 0 Å². The lowest BCUT2D eigenvalue weighted by molar-refractivity contribution is -0.120. The average molecular weight is 340 g/mol. The van der Waals surface area contributed by atoms with Gasteiger partial charge in [-0.15, -0.1) is 0 Å². The third kappa shape index (κ3) is 3.41. The van der Waals surface area contributed by atoms with Crippen molar-refractivity contribution in [2.75, 3.05) is 6.61 Å². The Morgan fingerprint density at radius 1 is 1.21 bits per heavy atom. The third-order valence-corrected chi connectivity index (χ3v) is 4.99. The highest BCUT2D eigenvalue weighted by molar-refractivity contribution is 7.16. The van der Waals surface area contributed by atoms with Crippen LogP contribution in [0.25, 0.3) is 10.2 Å². The molecule has 1 aromatic heterocycles. The van der Waals surface area contributed by atoms with Gasteiger partial charge in [-0.05, 0) is 50.1 Å². The highest BCUT2D eigenvalue weighted by Crippen LogP contribution is 2.23. The fourth-order valence-electron chi connectivity index (χ4n) is 2.70. The Hall–Kier alpha value is -2.40. The summed E-state index contributed by atoms with van der Waals surface area (Å²) in [6.45, 7) is 6.96. The van der Waals surface area contributed by atoms with Gasteiger partial charge in [-0.2, -0.15) is 4.99 Å². The molecule has 0 aliphatic rings. The van der Waals surface area contributed by atoms with Crippen LogP contribution >= 0.6 is 11.3 Å². The first kappa shape index (κ1) is 16.5. The summed E-state index contributed by atoms with van der Waals surface area (Å²) in [7, 11) is 0. The predicted octanol–water partition coefficient (Wildman–Crippen LogP) is 3.85. The summed E-state index contributed by atoms with van der Waals surface area (Å²) in [5.41, 5.74) is 3.56. The number of aromatic nitrogens is 1. The molecule has 2 aromatic carbocycles. The van der Waals surface area contributed by atoms with Crippen LogP contribution in [0.4, 0.5) is 0 Å². The minimum Gasteiger partial charge on any atom is -0.484 e. The number of thiazole rings is 1. The molecule has 3 rings (SSSR count). The van der Waals surface area contributed by atoms with Gasteiger partial charge in [0.05, 0.1) is 10.2 Å². The number of carbonyl (C=O) groups is 1. The highest BCUT2D eigenvalue weighted by atomic mass is 32.1. The summed E-state index contributed by atoms with van der Waals surface area (Å²) in [6.07, 6.45) is 0. The number of rotatable bonds is 4. The number of hydrogen-bond donors (Lipinski definition) is 0. The molecule has 24 heavy (non-hydrogen) atoms. The van der Waals surface area contributed by atoms with Crippen LogP contribution in [0.2, 0.25) is 0 Å². The molecule has 1 heterocycles. The Morgan fingerprint density at radius 2 is 1.96 bits per heavy atom. The van der Waals surface area contributed by atoms with Gasteiger partial charge in [-0.1, -0.05) is 35.6 Å². The van der Waals surface area contributed by atoms with Crippen LogP contribution in [-0.2, 0) is 11.3 Å². The number of ether oxygens (including phenoxy) is 1. The molecule has 0 N–H and O–H groups in total. The number of carbonyl (C=O) groups excluding carboxylic acids is 1. The molecule has 5 heteroatoms. The smallest absolute Gasteiger partial charge is 0.286 e. The lowest BCUT2D eigenvalue weighted by Crippen LogP contribution is -2.18. The van der Waals surface area contributed by atoms with Gasteiger partial charge >= 0.3 is 0 Å². The van der Waals surface area contributed by atoms with E-state index in [4.69, 9.17) is 4.74 Å². The number of hydrogen-bond acceptors (Lipinski definition) is 3. The summed E-state index contributed by atoms with van der Waals surface area (Å²) in [5.74, 6) is 0.397. The van der Waals surface area contributed by atoms with E-state index in [0.29, 0.717) is 5.75 Å². The van der Waals surface area contributed by atoms with Crippen molar-refractivity contribution < 1.29 is 9.53 Å². The summed E-state index contributed by atoms with van der Waals surface area (Å²) in [6, 6.07) is 13.6. The SMILES string of the molecule is CCn1c(=NC(=O)COc2ccccc2)sc2c(C)cc(C)cc21. The molecule has 3 aromatic rings. The normalized spacial score (nSPS) is 11.9. The van der Waals surface area contributed by atoms with E-state index in [9.17, 15) is 4.79 Å². The fourth-order valence-corrected chi connectivity index (χ4v) is 3.87. The minimum atomic E-state index is -0.276. The van der Waals surface area contributed by atoms with Crippen LogP contribution in [0, 0.1) is 13.8 Å². The number of fused-ring (bicyclic) bond motifs is 1. The first-order valence-electron chi connectivity index (χ1n) is 7.94. The molecule has 0 aliphatic carbocycles. The monoisotopic (exact) mass is 340 g/mol. The fraction of sp³-hybridized carbons (Fsp3) is 0.263. The number of nitrogens with zero attached hydrogens (tertiary/aromatic N) is 2. The molecule has 0 aliphatic heterocycles. The second-order valence-corrected chi connectivity index (χ2v) is 6.64. The molecule has 0 unspecified atom stereocenters. The van der Waals surface area contributed by atoms with E-state index in [2.05, 4.69) is 42.5 Å². The Labute approximate surface area is 145 Å². The van der Waals surface area contributed by atoms with Gasteiger partial charge in [-0.25, -0.2) is 0 Å². The van der Waals surface area contributed by atoms with Crippen molar-refractivity contribution in [2.24, 2.45) is 4.99 Å². The molecule has 1 amide bonds. The van der Waals surface area contributed by atoms with Crippen molar-refractivity contribution in [3.63, 3.8) is 0 Å². The second kappa shape index (κ2) is 7.01. The maximum atomic E-state index is 12.2. The van der Waals surface area contributed by atoms with Crippen LogP contribution < -0.4 is 9.54 Å². The summed E-state index contributed by atoms with van der Waals surface area (Å²) < 4.78 is 8.74. The summed E-state index contributed by atoms with van der Waals surface area (Å²) in [5, 5.41) is 0. The van der Waals surface area contributed by atoms with Gasteiger partial charge in [0.2, 0.25) is 0 Å². The third-order valence-electron chi connectivity index (χ3n) is 3.76. The van der Waals surface area contributed by atoms with E-state index in [0.717, 1.165) is 16.9 Å². The van der Waals surface area contributed by atoms with E-state index in [1.54, 1.807) is 11.3 Å². The summed E-state index contributed by atoms with van der Waals surface area (Å²) in [4.78, 5) is 17.2. The van der Waals surface area contributed by atoms with Crippen molar-refractivity contribution in [1.82, 2.24) is 4.57 Å². The molecule has 0 bridgehead atoms. The van der Waals surface area contributed by atoms with E-state index >= 15 is 0 Å². The molecule has 0 saturated carbocycles. The van der Waals surface area contributed by atoms with E-state index in [1.165, 1.54) is 15.8 Å². The summed E-state index contributed by atoms with van der Waals surface area (Å²) >= 11 is 1.55. The van der Waals surface area contributed by atoms with E-state index < -0.39 is 0 Å².